The normalized spacial score (nSPS) is 14.6. The van der Waals surface area contributed by atoms with Gasteiger partial charge >= 0.3 is 0 Å². The molecule has 44 heavy (non-hydrogen) atoms. The van der Waals surface area contributed by atoms with E-state index in [0.717, 1.165) is 32.4 Å². The quantitative estimate of drug-likeness (QED) is 0.263. The van der Waals surface area contributed by atoms with Crippen LogP contribution in [0.4, 0.5) is 0 Å². The summed E-state index contributed by atoms with van der Waals surface area (Å²) >= 11 is 3.53. The van der Waals surface area contributed by atoms with E-state index < -0.39 is 0 Å². The summed E-state index contributed by atoms with van der Waals surface area (Å²) in [6, 6.07) is 19.2. The van der Waals surface area contributed by atoms with Crippen molar-refractivity contribution < 1.29 is 4.79 Å². The largest absolute Gasteiger partial charge is 0.330 e. The SMILES string of the molecule is Cc1cc(C(=O)N2Cc3c(c(=O)n(-c4ccc(-c5nncn5C)cn4)c4c(Cc5ccccc5)cnn34)C[C@@H]2C)ccc1Br. The highest BCUT2D eigenvalue weighted by atomic mass is 79.9. The molecule has 220 valence electrons. The molecule has 1 aliphatic rings. The lowest BCUT2D eigenvalue weighted by atomic mass is 9.98. The Morgan fingerprint density at radius 1 is 1.07 bits per heavy atom. The molecular formula is C33H29BrN8O2. The highest BCUT2D eigenvalue weighted by Gasteiger charge is 2.33. The summed E-state index contributed by atoms with van der Waals surface area (Å²) < 4.78 is 6.26. The maximum absolute atomic E-state index is 14.4. The fraction of sp³-hybridized carbons (Fsp3) is 0.212. The van der Waals surface area contributed by atoms with E-state index in [2.05, 4.69) is 38.3 Å². The summed E-state index contributed by atoms with van der Waals surface area (Å²) in [4.78, 5) is 34.7. The molecule has 0 spiro atoms. The van der Waals surface area contributed by atoms with Gasteiger partial charge in [-0.3, -0.25) is 9.59 Å². The minimum atomic E-state index is -0.192. The van der Waals surface area contributed by atoms with Crippen molar-refractivity contribution in [1.29, 1.82) is 0 Å². The number of nitrogens with zero attached hydrogens (tertiary/aromatic N) is 8. The third kappa shape index (κ3) is 4.73. The molecule has 6 aromatic rings. The van der Waals surface area contributed by atoms with Crippen molar-refractivity contribution in [2.75, 3.05) is 0 Å². The van der Waals surface area contributed by atoms with Crippen LogP contribution in [-0.2, 0) is 26.4 Å². The molecule has 0 fully saturated rings. The molecule has 0 aliphatic carbocycles. The first-order chi connectivity index (χ1) is 21.3. The lowest BCUT2D eigenvalue weighted by Crippen LogP contribution is -2.46. The third-order valence-corrected chi connectivity index (χ3v) is 9.19. The second-order valence-corrected chi connectivity index (χ2v) is 12.1. The Morgan fingerprint density at radius 3 is 2.59 bits per heavy atom. The lowest BCUT2D eigenvalue weighted by Gasteiger charge is -2.35. The molecule has 5 heterocycles. The molecule has 4 aromatic heterocycles. The summed E-state index contributed by atoms with van der Waals surface area (Å²) in [5, 5.41) is 13.0. The number of pyridine rings is 1. The van der Waals surface area contributed by atoms with Crippen molar-refractivity contribution in [2.45, 2.75) is 39.3 Å². The Labute approximate surface area is 261 Å². The zero-order chi connectivity index (χ0) is 30.5. The minimum absolute atomic E-state index is 0.0752. The highest BCUT2D eigenvalue weighted by molar-refractivity contribution is 9.10. The Kier molecular flexibility index (Phi) is 6.97. The Balaban J connectivity index is 1.37. The number of carbonyl (C=O) groups excluding carboxylic acids is 1. The second-order valence-electron chi connectivity index (χ2n) is 11.3. The molecule has 1 atom stereocenters. The van der Waals surface area contributed by atoms with Crippen molar-refractivity contribution in [3.8, 4) is 17.2 Å². The molecule has 0 saturated carbocycles. The first kappa shape index (κ1) is 27.9. The van der Waals surface area contributed by atoms with Gasteiger partial charge in [-0.05, 0) is 61.7 Å². The predicted octanol–water partition coefficient (Wildman–Crippen LogP) is 4.92. The minimum Gasteiger partial charge on any atom is -0.330 e. The Bertz CT molecular complexity index is 2100. The number of aromatic nitrogens is 7. The monoisotopic (exact) mass is 648 g/mol. The molecule has 1 amide bonds. The van der Waals surface area contributed by atoms with Crippen molar-refractivity contribution in [3.05, 3.63) is 128 Å². The number of carbonyl (C=O) groups is 1. The van der Waals surface area contributed by atoms with Crippen LogP contribution in [0.2, 0.25) is 0 Å². The molecule has 2 aromatic carbocycles. The fourth-order valence-corrected chi connectivity index (χ4v) is 6.19. The standard InChI is InChI=1S/C33H29BrN8O2/c1-20-13-23(9-11-27(20)34)32(43)40-18-28-26(14-21(40)2)33(44)41(29-12-10-24(16-35-29)30-38-36-19-39(30)3)31-25(17-37-42(28)31)15-22-7-5-4-6-8-22/h4-13,16-17,19,21H,14-15,18H2,1-3H3/t21-/m0/s1. The van der Waals surface area contributed by atoms with Gasteiger partial charge in [0.05, 0.1) is 18.4 Å². The Morgan fingerprint density at radius 2 is 1.89 bits per heavy atom. The fourth-order valence-electron chi connectivity index (χ4n) is 5.95. The number of amides is 1. The van der Waals surface area contributed by atoms with Crippen molar-refractivity contribution >= 4 is 27.5 Å². The molecule has 0 N–H and O–H groups in total. The van der Waals surface area contributed by atoms with Crippen LogP contribution in [0.25, 0.3) is 22.9 Å². The van der Waals surface area contributed by atoms with Crippen LogP contribution in [0.15, 0.2) is 88.7 Å². The average Bonchev–Trinajstić information content (AvgIpc) is 3.65. The number of benzene rings is 2. The average molecular weight is 650 g/mol. The van der Waals surface area contributed by atoms with Gasteiger partial charge in [-0.15, -0.1) is 10.2 Å². The van der Waals surface area contributed by atoms with Crippen molar-refractivity contribution in [2.24, 2.45) is 7.05 Å². The van der Waals surface area contributed by atoms with Gasteiger partial charge in [0, 0.05) is 52.4 Å². The summed E-state index contributed by atoms with van der Waals surface area (Å²) in [6.07, 6.45) is 6.13. The van der Waals surface area contributed by atoms with E-state index in [9.17, 15) is 9.59 Å². The van der Waals surface area contributed by atoms with Crippen LogP contribution in [-0.4, -0.2) is 50.8 Å². The van der Waals surface area contributed by atoms with E-state index in [1.54, 1.807) is 17.1 Å². The van der Waals surface area contributed by atoms with Gasteiger partial charge < -0.3 is 9.47 Å². The molecule has 10 nitrogen and oxygen atoms in total. The number of fused-ring (bicyclic) bond motifs is 3. The topological polar surface area (TPSA) is 103 Å². The van der Waals surface area contributed by atoms with Crippen LogP contribution in [0, 0.1) is 6.92 Å². The van der Waals surface area contributed by atoms with Crippen LogP contribution in [0.5, 0.6) is 0 Å². The molecule has 11 heteroatoms. The van der Waals surface area contributed by atoms with E-state index in [4.69, 9.17) is 10.1 Å². The van der Waals surface area contributed by atoms with Gasteiger partial charge in [0.2, 0.25) is 0 Å². The van der Waals surface area contributed by atoms with Gasteiger partial charge in [0.25, 0.3) is 11.5 Å². The lowest BCUT2D eigenvalue weighted by molar-refractivity contribution is 0.0651. The maximum atomic E-state index is 14.4. The number of rotatable bonds is 5. The van der Waals surface area contributed by atoms with E-state index in [1.165, 1.54) is 0 Å². The summed E-state index contributed by atoms with van der Waals surface area (Å²) in [5.41, 5.74) is 6.21. The molecule has 7 rings (SSSR count). The Hall–Kier alpha value is -4.90. The van der Waals surface area contributed by atoms with Gasteiger partial charge in [0.1, 0.15) is 17.8 Å². The predicted molar refractivity (Wildman–Crippen MR) is 170 cm³/mol. The van der Waals surface area contributed by atoms with Crippen molar-refractivity contribution in [3.63, 3.8) is 0 Å². The second kappa shape index (κ2) is 11.0. The van der Waals surface area contributed by atoms with Crippen molar-refractivity contribution in [1.82, 2.24) is 38.8 Å². The number of hydrogen-bond donors (Lipinski definition) is 0. The van der Waals surface area contributed by atoms with Gasteiger partial charge in [-0.1, -0.05) is 46.3 Å². The molecule has 1 aliphatic heterocycles. The van der Waals surface area contributed by atoms with Crippen LogP contribution < -0.4 is 5.56 Å². The first-order valence-corrected chi connectivity index (χ1v) is 15.1. The van der Waals surface area contributed by atoms with Crippen LogP contribution >= 0.6 is 15.9 Å². The van der Waals surface area contributed by atoms with Gasteiger partial charge in [-0.2, -0.15) is 5.10 Å². The van der Waals surface area contributed by atoms with Gasteiger partial charge in [0.15, 0.2) is 5.82 Å². The first-order valence-electron chi connectivity index (χ1n) is 14.4. The van der Waals surface area contributed by atoms with Crippen LogP contribution in [0.3, 0.4) is 0 Å². The number of aryl methyl sites for hydroxylation is 2. The molecule has 0 saturated heterocycles. The van der Waals surface area contributed by atoms with Gasteiger partial charge in [-0.25, -0.2) is 14.1 Å². The van der Waals surface area contributed by atoms with E-state index in [1.807, 2.05) is 89.6 Å². The molecule has 0 bridgehead atoms. The zero-order valence-electron chi connectivity index (χ0n) is 24.5. The van der Waals surface area contributed by atoms with E-state index in [-0.39, 0.29) is 24.1 Å². The highest BCUT2D eigenvalue weighted by Crippen LogP contribution is 2.28. The zero-order valence-corrected chi connectivity index (χ0v) is 26.1. The summed E-state index contributed by atoms with van der Waals surface area (Å²) in [6.45, 7) is 4.22. The van der Waals surface area contributed by atoms with E-state index >= 15 is 0 Å². The molecule has 0 unspecified atom stereocenters. The smallest absolute Gasteiger partial charge is 0.263 e. The number of halogens is 1. The maximum Gasteiger partial charge on any atom is 0.263 e. The summed E-state index contributed by atoms with van der Waals surface area (Å²) in [7, 11) is 1.87. The van der Waals surface area contributed by atoms with E-state index in [0.29, 0.717) is 41.3 Å². The van der Waals surface area contributed by atoms with Crippen LogP contribution in [0.1, 0.15) is 45.2 Å². The summed E-state index contributed by atoms with van der Waals surface area (Å²) in [5.74, 6) is 1.09. The number of hydrogen-bond acceptors (Lipinski definition) is 6. The third-order valence-electron chi connectivity index (χ3n) is 8.30. The molecule has 0 radical (unpaired) electrons. The molecular weight excluding hydrogens is 620 g/mol.